The lowest BCUT2D eigenvalue weighted by atomic mass is 9.75. The van der Waals surface area contributed by atoms with Gasteiger partial charge in [-0.25, -0.2) is 4.39 Å². The second kappa shape index (κ2) is 7.97. The summed E-state index contributed by atoms with van der Waals surface area (Å²) >= 11 is 0. The summed E-state index contributed by atoms with van der Waals surface area (Å²) in [6.45, 7) is 4.21. The molecule has 176 valence electrons. The molecule has 0 bridgehead atoms. The third kappa shape index (κ3) is 3.86. The van der Waals surface area contributed by atoms with Gasteiger partial charge >= 0.3 is 0 Å². The number of aromatic nitrogens is 1. The maximum Gasteiger partial charge on any atom is 0.253 e. The van der Waals surface area contributed by atoms with E-state index in [-0.39, 0.29) is 28.8 Å². The van der Waals surface area contributed by atoms with E-state index in [9.17, 15) is 9.59 Å². The first-order chi connectivity index (χ1) is 15.6. The van der Waals surface area contributed by atoms with E-state index in [1.807, 2.05) is 6.07 Å². The lowest BCUT2D eigenvalue weighted by molar-refractivity contribution is 0.0909. The Morgan fingerprint density at radius 3 is 2.55 bits per heavy atom. The summed E-state index contributed by atoms with van der Waals surface area (Å²) in [5.41, 5.74) is 16.5. The van der Waals surface area contributed by atoms with Gasteiger partial charge in [0.25, 0.3) is 5.91 Å². The Balaban J connectivity index is 1.64. The molecule has 1 fully saturated rings. The van der Waals surface area contributed by atoms with Gasteiger partial charge < -0.3 is 21.4 Å². The van der Waals surface area contributed by atoms with Crippen LogP contribution in [-0.2, 0) is 19.3 Å². The number of amides is 1. The molecule has 1 heterocycles. The molecule has 5 N–H and O–H groups in total. The van der Waals surface area contributed by atoms with E-state index in [4.69, 9.17) is 11.5 Å². The molecule has 0 aliphatic heterocycles. The number of ketones is 1. The largest absolute Gasteiger partial charge is 0.382 e. The topological polar surface area (TPSA) is 103 Å². The number of benzene rings is 1. The van der Waals surface area contributed by atoms with E-state index in [1.165, 1.54) is 6.07 Å². The van der Waals surface area contributed by atoms with Crippen molar-refractivity contribution in [3.05, 3.63) is 46.0 Å². The molecule has 6 nitrogen and oxygen atoms in total. The number of carbonyl (C=O) groups excluding carboxylic acids is 2. The smallest absolute Gasteiger partial charge is 0.253 e. The minimum Gasteiger partial charge on any atom is -0.382 e. The zero-order valence-corrected chi connectivity index (χ0v) is 19.5. The predicted octanol–water partition coefficient (Wildman–Crippen LogP) is 4.04. The first kappa shape index (κ1) is 22.1. The zero-order chi connectivity index (χ0) is 23.5. The van der Waals surface area contributed by atoms with Crippen LogP contribution in [0.1, 0.15) is 90.0 Å². The molecule has 33 heavy (non-hydrogen) atoms. The number of hydrogen-bond donors (Lipinski definition) is 3. The van der Waals surface area contributed by atoms with Crippen molar-refractivity contribution in [1.82, 2.24) is 4.57 Å². The van der Waals surface area contributed by atoms with Crippen LogP contribution in [0.4, 0.5) is 10.1 Å². The van der Waals surface area contributed by atoms with Crippen LogP contribution >= 0.6 is 0 Å². The van der Waals surface area contributed by atoms with Crippen molar-refractivity contribution in [3.8, 4) is 5.69 Å². The highest BCUT2D eigenvalue weighted by atomic mass is 19.1. The summed E-state index contributed by atoms with van der Waals surface area (Å²) in [4.78, 5) is 25.3. The van der Waals surface area contributed by atoms with Crippen LogP contribution in [-0.4, -0.2) is 28.3 Å². The molecule has 1 aromatic heterocycles. The van der Waals surface area contributed by atoms with Crippen molar-refractivity contribution >= 4 is 17.4 Å². The minimum atomic E-state index is -0.787. The number of anilines is 1. The van der Waals surface area contributed by atoms with Gasteiger partial charge in [0.2, 0.25) is 0 Å². The molecule has 1 aromatic carbocycles. The number of carbonyl (C=O) groups is 2. The lowest BCUT2D eigenvalue weighted by Crippen LogP contribution is -2.33. The number of fused-ring (bicyclic) bond motifs is 3. The molecule has 2 aromatic rings. The van der Waals surface area contributed by atoms with E-state index in [1.54, 1.807) is 0 Å². The number of halogens is 1. The van der Waals surface area contributed by atoms with Crippen LogP contribution in [0.25, 0.3) is 5.69 Å². The SMILES string of the molecule is CC1(C)CC(=O)c2c3c(n(-c4cc(F)c(C(N)=O)c(N[C@H]5CC[C@H](N)CC5)c4)c2C1)CCC3. The van der Waals surface area contributed by atoms with E-state index in [0.29, 0.717) is 17.8 Å². The number of rotatable bonds is 4. The van der Waals surface area contributed by atoms with Crippen molar-refractivity contribution in [3.63, 3.8) is 0 Å². The standard InChI is InChI=1S/C26H33FN4O2/c1-26(2)12-21-23(22(32)13-26)17-4-3-5-20(17)31(21)16-10-18(27)24(25(29)33)19(11-16)30-15-8-6-14(28)7-9-15/h10-11,14-15,30H,3-9,12-13,28H2,1-2H3,(H2,29,33)/t14-,15-. The molecule has 1 saturated carbocycles. The molecule has 0 atom stereocenters. The maximum atomic E-state index is 15.3. The zero-order valence-electron chi connectivity index (χ0n) is 19.5. The summed E-state index contributed by atoms with van der Waals surface area (Å²) < 4.78 is 17.4. The number of nitrogens with zero attached hydrogens (tertiary/aromatic N) is 1. The van der Waals surface area contributed by atoms with Crippen LogP contribution in [0, 0.1) is 11.2 Å². The van der Waals surface area contributed by atoms with Gasteiger partial charge in [-0.05, 0) is 74.5 Å². The van der Waals surface area contributed by atoms with Crippen LogP contribution < -0.4 is 16.8 Å². The molecule has 0 radical (unpaired) electrons. The minimum absolute atomic E-state index is 0.109. The Kier molecular flexibility index (Phi) is 5.35. The lowest BCUT2D eigenvalue weighted by Gasteiger charge is -2.31. The molecule has 0 spiro atoms. The number of nitrogens with one attached hydrogen (secondary N) is 1. The van der Waals surface area contributed by atoms with E-state index in [0.717, 1.165) is 73.9 Å². The molecular formula is C26H33FN4O2. The summed E-state index contributed by atoms with van der Waals surface area (Å²) in [7, 11) is 0. The molecule has 7 heteroatoms. The average Bonchev–Trinajstić information content (AvgIpc) is 3.28. The van der Waals surface area contributed by atoms with Gasteiger partial charge in [0, 0.05) is 35.5 Å². The van der Waals surface area contributed by atoms with E-state index < -0.39 is 11.7 Å². The quantitative estimate of drug-likeness (QED) is 0.651. The second-order valence-electron chi connectivity index (χ2n) is 10.8. The highest BCUT2D eigenvalue weighted by Gasteiger charge is 2.39. The van der Waals surface area contributed by atoms with Gasteiger partial charge in [0.15, 0.2) is 5.78 Å². The van der Waals surface area contributed by atoms with E-state index >= 15 is 4.39 Å². The summed E-state index contributed by atoms with van der Waals surface area (Å²) in [5, 5.41) is 3.39. The fraction of sp³-hybridized carbons (Fsp3) is 0.538. The summed E-state index contributed by atoms with van der Waals surface area (Å²) in [6, 6.07) is 3.54. The monoisotopic (exact) mass is 452 g/mol. The van der Waals surface area contributed by atoms with E-state index in [2.05, 4.69) is 23.7 Å². The summed E-state index contributed by atoms with van der Waals surface area (Å²) in [5.74, 6) is -1.24. The van der Waals surface area contributed by atoms with Crippen molar-refractivity contribution in [2.24, 2.45) is 16.9 Å². The van der Waals surface area contributed by atoms with Gasteiger partial charge in [-0.1, -0.05) is 13.8 Å². The Hall–Kier alpha value is -2.67. The molecule has 3 aliphatic carbocycles. The number of nitrogens with two attached hydrogens (primary N) is 2. The normalized spacial score (nSPS) is 23.8. The van der Waals surface area contributed by atoms with Crippen molar-refractivity contribution in [2.75, 3.05) is 5.32 Å². The second-order valence-corrected chi connectivity index (χ2v) is 10.8. The predicted molar refractivity (Wildman–Crippen MR) is 127 cm³/mol. The van der Waals surface area contributed by atoms with Gasteiger partial charge in [0.1, 0.15) is 5.82 Å². The van der Waals surface area contributed by atoms with Crippen LogP contribution in [0.5, 0.6) is 0 Å². The third-order valence-electron chi connectivity index (χ3n) is 7.59. The molecular weight excluding hydrogens is 419 g/mol. The first-order valence-corrected chi connectivity index (χ1v) is 12.1. The highest BCUT2D eigenvalue weighted by molar-refractivity contribution is 6.01. The maximum absolute atomic E-state index is 15.3. The fourth-order valence-electron chi connectivity index (χ4n) is 6.11. The Morgan fingerprint density at radius 1 is 1.12 bits per heavy atom. The molecule has 3 aliphatic rings. The van der Waals surface area contributed by atoms with Gasteiger partial charge in [-0.3, -0.25) is 9.59 Å². The van der Waals surface area contributed by atoms with Gasteiger partial charge in [0.05, 0.1) is 16.9 Å². The first-order valence-electron chi connectivity index (χ1n) is 12.1. The molecule has 5 rings (SSSR count). The Morgan fingerprint density at radius 2 is 1.85 bits per heavy atom. The fourth-order valence-corrected chi connectivity index (χ4v) is 6.11. The van der Waals surface area contributed by atoms with Crippen LogP contribution in [0.15, 0.2) is 12.1 Å². The Bertz CT molecular complexity index is 1140. The van der Waals surface area contributed by atoms with Crippen molar-refractivity contribution < 1.29 is 14.0 Å². The van der Waals surface area contributed by atoms with Crippen molar-refractivity contribution in [2.45, 2.75) is 83.7 Å². The molecule has 0 saturated heterocycles. The van der Waals surface area contributed by atoms with Gasteiger partial charge in [-0.2, -0.15) is 0 Å². The summed E-state index contributed by atoms with van der Waals surface area (Å²) in [6.07, 6.45) is 7.52. The highest BCUT2D eigenvalue weighted by Crippen LogP contribution is 2.43. The van der Waals surface area contributed by atoms with Crippen molar-refractivity contribution in [1.29, 1.82) is 0 Å². The number of Topliss-reactive ketones (excluding diaryl/α,β-unsaturated/α-hetero) is 1. The average molecular weight is 453 g/mol. The molecule has 0 unspecified atom stereocenters. The van der Waals surface area contributed by atoms with Crippen LogP contribution in [0.3, 0.4) is 0 Å². The molecule has 1 amide bonds. The van der Waals surface area contributed by atoms with Gasteiger partial charge in [-0.15, -0.1) is 0 Å². The number of primary amides is 1. The Labute approximate surface area is 193 Å². The number of hydrogen-bond acceptors (Lipinski definition) is 4. The third-order valence-corrected chi connectivity index (χ3v) is 7.59. The van der Waals surface area contributed by atoms with Crippen LogP contribution in [0.2, 0.25) is 0 Å².